The van der Waals surface area contributed by atoms with Crippen molar-refractivity contribution in [3.05, 3.63) is 65.2 Å². The van der Waals surface area contributed by atoms with Crippen LogP contribution in [-0.4, -0.2) is 0 Å². The second-order valence-electron chi connectivity index (χ2n) is 5.50. The third-order valence-corrected chi connectivity index (χ3v) is 3.86. The van der Waals surface area contributed by atoms with E-state index in [9.17, 15) is 8.78 Å². The molecule has 0 saturated heterocycles. The Morgan fingerprint density at radius 3 is 2.00 bits per heavy atom. The molecule has 0 aliphatic heterocycles. The van der Waals surface area contributed by atoms with Gasteiger partial charge in [-0.25, -0.2) is 8.78 Å². The summed E-state index contributed by atoms with van der Waals surface area (Å²) in [5.41, 5.74) is 2.84. The molecule has 21 heavy (non-hydrogen) atoms. The van der Waals surface area contributed by atoms with E-state index in [-0.39, 0.29) is 6.04 Å². The van der Waals surface area contributed by atoms with Crippen LogP contribution in [0.4, 0.5) is 14.5 Å². The summed E-state index contributed by atoms with van der Waals surface area (Å²) in [7, 11) is 0. The van der Waals surface area contributed by atoms with E-state index in [0.717, 1.165) is 18.2 Å². The zero-order valence-corrected chi connectivity index (χ0v) is 12.7. The normalized spacial score (nSPS) is 13.8. The summed E-state index contributed by atoms with van der Waals surface area (Å²) in [4.78, 5) is 0. The summed E-state index contributed by atoms with van der Waals surface area (Å²) in [6, 6.07) is 11.6. The average Bonchev–Trinajstić information content (AvgIpc) is 2.46. The molecule has 2 unspecified atom stereocenters. The first-order valence-corrected chi connectivity index (χ1v) is 7.32. The topological polar surface area (TPSA) is 12.0 Å². The Balaban J connectivity index is 2.10. The van der Waals surface area contributed by atoms with Gasteiger partial charge in [0.1, 0.15) is 11.6 Å². The molecule has 2 rings (SSSR count). The predicted molar refractivity (Wildman–Crippen MR) is 83.5 cm³/mol. The second kappa shape index (κ2) is 6.70. The van der Waals surface area contributed by atoms with Crippen molar-refractivity contribution >= 4 is 5.69 Å². The van der Waals surface area contributed by atoms with E-state index in [1.165, 1.54) is 17.7 Å². The molecule has 0 saturated carbocycles. The van der Waals surface area contributed by atoms with Crippen LogP contribution in [0.1, 0.15) is 50.3 Å². The smallest absolute Gasteiger partial charge is 0.126 e. The third-order valence-electron chi connectivity index (χ3n) is 3.86. The average molecular weight is 289 g/mol. The maximum atomic E-state index is 13.2. The highest BCUT2D eigenvalue weighted by atomic mass is 19.1. The molecule has 2 atom stereocenters. The lowest BCUT2D eigenvalue weighted by Crippen LogP contribution is -2.07. The molecule has 0 spiro atoms. The van der Waals surface area contributed by atoms with Gasteiger partial charge in [0.05, 0.1) is 0 Å². The van der Waals surface area contributed by atoms with Crippen LogP contribution < -0.4 is 5.32 Å². The first kappa shape index (κ1) is 15.5. The zero-order chi connectivity index (χ0) is 15.4. The minimum atomic E-state index is -0.550. The summed E-state index contributed by atoms with van der Waals surface area (Å²) >= 11 is 0. The molecule has 0 heterocycles. The Hall–Kier alpha value is -1.90. The van der Waals surface area contributed by atoms with E-state index < -0.39 is 11.6 Å². The van der Waals surface area contributed by atoms with Gasteiger partial charge in [0.2, 0.25) is 0 Å². The van der Waals surface area contributed by atoms with Crippen LogP contribution in [0.2, 0.25) is 0 Å². The van der Waals surface area contributed by atoms with Crippen molar-refractivity contribution in [1.82, 2.24) is 0 Å². The number of anilines is 1. The van der Waals surface area contributed by atoms with Crippen molar-refractivity contribution in [2.75, 3.05) is 5.32 Å². The number of hydrogen-bond donors (Lipinski definition) is 1. The molecule has 0 aromatic heterocycles. The van der Waals surface area contributed by atoms with E-state index in [1.807, 2.05) is 19.1 Å². The molecule has 3 heteroatoms. The molecule has 0 fully saturated rings. The first-order valence-electron chi connectivity index (χ1n) is 7.32. The van der Waals surface area contributed by atoms with Gasteiger partial charge in [-0.2, -0.15) is 0 Å². The Labute approximate surface area is 125 Å². The maximum absolute atomic E-state index is 13.2. The fraction of sp³-hybridized carbons (Fsp3) is 0.333. The van der Waals surface area contributed by atoms with E-state index in [1.54, 1.807) is 0 Å². The highest BCUT2D eigenvalue weighted by Crippen LogP contribution is 2.24. The minimum Gasteiger partial charge on any atom is -0.379 e. The molecule has 1 nitrogen and oxygen atoms in total. The lowest BCUT2D eigenvalue weighted by molar-refractivity contribution is 0.577. The van der Waals surface area contributed by atoms with Crippen molar-refractivity contribution in [2.24, 2.45) is 0 Å². The van der Waals surface area contributed by atoms with Gasteiger partial charge in [0.15, 0.2) is 0 Å². The largest absolute Gasteiger partial charge is 0.379 e. The second-order valence-corrected chi connectivity index (χ2v) is 5.50. The van der Waals surface area contributed by atoms with E-state index >= 15 is 0 Å². The monoisotopic (exact) mass is 289 g/mol. The van der Waals surface area contributed by atoms with Gasteiger partial charge in [-0.05, 0) is 54.7 Å². The lowest BCUT2D eigenvalue weighted by Gasteiger charge is -2.17. The van der Waals surface area contributed by atoms with Gasteiger partial charge in [-0.1, -0.05) is 26.0 Å². The quantitative estimate of drug-likeness (QED) is 0.749. The third kappa shape index (κ3) is 4.03. The summed E-state index contributed by atoms with van der Waals surface area (Å²) in [5.74, 6) is -0.565. The summed E-state index contributed by atoms with van der Waals surface area (Å²) < 4.78 is 26.5. The van der Waals surface area contributed by atoms with Gasteiger partial charge in [0.25, 0.3) is 0 Å². The summed E-state index contributed by atoms with van der Waals surface area (Å²) in [5, 5.41) is 3.26. The molecule has 0 amide bonds. The van der Waals surface area contributed by atoms with Crippen molar-refractivity contribution in [3.63, 3.8) is 0 Å². The van der Waals surface area contributed by atoms with Crippen LogP contribution >= 0.6 is 0 Å². The summed E-state index contributed by atoms with van der Waals surface area (Å²) in [6.45, 7) is 6.24. The van der Waals surface area contributed by atoms with Crippen molar-refractivity contribution in [3.8, 4) is 0 Å². The molecular formula is C18H21F2N. The molecule has 0 bridgehead atoms. The van der Waals surface area contributed by atoms with E-state index in [2.05, 4.69) is 31.3 Å². The molecule has 0 aliphatic rings. The Morgan fingerprint density at radius 2 is 1.48 bits per heavy atom. The number of nitrogens with one attached hydrogen (secondary N) is 1. The van der Waals surface area contributed by atoms with Crippen LogP contribution in [-0.2, 0) is 0 Å². The standard InChI is InChI=1S/C18H21F2N/c1-4-12(2)14-5-7-18(8-6-14)21-13(3)15-9-16(19)11-17(20)10-15/h5-13,21H,4H2,1-3H3. The highest BCUT2D eigenvalue weighted by Gasteiger charge is 2.09. The zero-order valence-electron chi connectivity index (χ0n) is 12.7. The van der Waals surface area contributed by atoms with Crippen LogP contribution in [0.5, 0.6) is 0 Å². The number of halogens is 2. The fourth-order valence-corrected chi connectivity index (χ4v) is 2.30. The number of hydrogen-bond acceptors (Lipinski definition) is 1. The maximum Gasteiger partial charge on any atom is 0.126 e. The summed E-state index contributed by atoms with van der Waals surface area (Å²) in [6.07, 6.45) is 1.10. The van der Waals surface area contributed by atoms with Gasteiger partial charge in [0, 0.05) is 17.8 Å². The van der Waals surface area contributed by atoms with Crippen molar-refractivity contribution in [1.29, 1.82) is 0 Å². The van der Waals surface area contributed by atoms with E-state index in [4.69, 9.17) is 0 Å². The Kier molecular flexibility index (Phi) is 4.94. The van der Waals surface area contributed by atoms with Crippen LogP contribution in [0.25, 0.3) is 0 Å². The molecule has 1 N–H and O–H groups in total. The van der Waals surface area contributed by atoms with Gasteiger partial charge in [-0.15, -0.1) is 0 Å². The molecule has 112 valence electrons. The van der Waals surface area contributed by atoms with Crippen molar-refractivity contribution in [2.45, 2.75) is 39.2 Å². The number of rotatable bonds is 5. The highest BCUT2D eigenvalue weighted by molar-refractivity contribution is 5.47. The molecular weight excluding hydrogens is 268 g/mol. The molecule has 0 radical (unpaired) electrons. The predicted octanol–water partition coefficient (Wildman–Crippen LogP) is 5.65. The first-order chi connectivity index (χ1) is 9.99. The van der Waals surface area contributed by atoms with Crippen LogP contribution in [0, 0.1) is 11.6 Å². The number of benzene rings is 2. The fourth-order valence-electron chi connectivity index (χ4n) is 2.30. The van der Waals surface area contributed by atoms with E-state index in [0.29, 0.717) is 11.5 Å². The van der Waals surface area contributed by atoms with Gasteiger partial charge in [-0.3, -0.25) is 0 Å². The Morgan fingerprint density at radius 1 is 0.905 bits per heavy atom. The minimum absolute atomic E-state index is 0.162. The van der Waals surface area contributed by atoms with Gasteiger partial charge < -0.3 is 5.32 Å². The Bertz CT molecular complexity index is 572. The molecule has 2 aromatic carbocycles. The van der Waals surface area contributed by atoms with Crippen molar-refractivity contribution < 1.29 is 8.78 Å². The lowest BCUT2D eigenvalue weighted by atomic mass is 9.98. The SMILES string of the molecule is CCC(C)c1ccc(NC(C)c2cc(F)cc(F)c2)cc1. The van der Waals surface area contributed by atoms with Crippen LogP contribution in [0.15, 0.2) is 42.5 Å². The molecule has 2 aromatic rings. The van der Waals surface area contributed by atoms with Gasteiger partial charge >= 0.3 is 0 Å². The molecule has 0 aliphatic carbocycles. The van der Waals surface area contributed by atoms with Crippen LogP contribution in [0.3, 0.4) is 0 Å².